The smallest absolute Gasteiger partial charge is 0.307 e. The summed E-state index contributed by atoms with van der Waals surface area (Å²) in [5, 5.41) is 28.4. The predicted molar refractivity (Wildman–Crippen MR) is 124 cm³/mol. The number of carboxylic acids is 1. The number of nitrogens with zero attached hydrogens (tertiary/aromatic N) is 5. The van der Waals surface area contributed by atoms with Crippen LogP contribution in [-0.4, -0.2) is 60.6 Å². The monoisotopic (exact) mass is 459 g/mol. The molecule has 0 saturated carbocycles. The number of aromatic nitrogens is 4. The highest BCUT2D eigenvalue weighted by Gasteiger charge is 2.26. The number of carboxylic acid groups (broad SMARTS) is 1. The second-order valence-corrected chi connectivity index (χ2v) is 8.51. The molecule has 1 aliphatic rings. The third-order valence-corrected chi connectivity index (χ3v) is 6.12. The van der Waals surface area contributed by atoms with E-state index in [0.717, 1.165) is 35.3 Å². The fourth-order valence-corrected chi connectivity index (χ4v) is 4.24. The van der Waals surface area contributed by atoms with E-state index in [2.05, 4.69) is 15.2 Å². The molecule has 1 saturated heterocycles. The van der Waals surface area contributed by atoms with Gasteiger partial charge >= 0.3 is 5.97 Å². The Kier molecular flexibility index (Phi) is 6.20. The van der Waals surface area contributed by atoms with Crippen LogP contribution >= 0.6 is 0 Å². The molecule has 2 N–H and O–H groups in total. The fourth-order valence-electron chi connectivity index (χ4n) is 4.24. The Hall–Kier alpha value is -3.82. The first-order valence-corrected chi connectivity index (χ1v) is 11.2. The summed E-state index contributed by atoms with van der Waals surface area (Å²) in [5.74, 6) is -0.311. The molecule has 1 fully saturated rings. The third-order valence-electron chi connectivity index (χ3n) is 6.12. The van der Waals surface area contributed by atoms with Crippen molar-refractivity contribution in [2.24, 2.45) is 5.92 Å². The Labute approximate surface area is 196 Å². The van der Waals surface area contributed by atoms with Crippen molar-refractivity contribution in [3.05, 3.63) is 72.6 Å². The van der Waals surface area contributed by atoms with Crippen LogP contribution in [0.5, 0.6) is 0 Å². The molecule has 1 unspecified atom stereocenters. The summed E-state index contributed by atoms with van der Waals surface area (Å²) in [6.07, 6.45) is 4.33. The highest BCUT2D eigenvalue weighted by molar-refractivity contribution is 5.70. The van der Waals surface area contributed by atoms with Crippen LogP contribution in [0.25, 0.3) is 28.5 Å². The van der Waals surface area contributed by atoms with Gasteiger partial charge in [-0.25, -0.2) is 4.68 Å². The maximum absolute atomic E-state index is 11.3. The van der Waals surface area contributed by atoms with Crippen LogP contribution in [0.3, 0.4) is 0 Å². The minimum atomic E-state index is -0.768. The van der Waals surface area contributed by atoms with Gasteiger partial charge in [-0.05, 0) is 37.1 Å². The standard InChI is InChI=1S/C25H25N5O4/c31-22(16-29-12-4-5-19(14-29)25(32)33)17-8-10-18(11-9-17)23-27-24(34-28-23)20-13-26-30(15-20)21-6-2-1-3-7-21/h1-3,6-11,13,15,19,22,31H,4-5,12,14,16H2,(H,32,33)/t19-,22?/m0/s1. The van der Waals surface area contributed by atoms with E-state index in [-0.39, 0.29) is 5.92 Å². The lowest BCUT2D eigenvalue weighted by molar-refractivity contribution is -0.143. The SMILES string of the molecule is O=C(O)[C@H]1CCCN(CC(O)c2ccc(-c3noc(-c4cnn(-c5ccccc5)c4)n3)cc2)C1. The van der Waals surface area contributed by atoms with E-state index in [4.69, 9.17) is 4.52 Å². The molecule has 0 amide bonds. The van der Waals surface area contributed by atoms with Gasteiger partial charge in [-0.15, -0.1) is 0 Å². The van der Waals surface area contributed by atoms with Crippen molar-refractivity contribution < 1.29 is 19.5 Å². The van der Waals surface area contributed by atoms with Gasteiger partial charge in [0.05, 0.1) is 29.5 Å². The zero-order valence-corrected chi connectivity index (χ0v) is 18.5. The zero-order chi connectivity index (χ0) is 23.5. The summed E-state index contributed by atoms with van der Waals surface area (Å²) in [7, 11) is 0. The molecule has 9 heteroatoms. The molecule has 1 aliphatic heterocycles. The summed E-state index contributed by atoms with van der Waals surface area (Å²) in [5.41, 5.74) is 3.18. The fraction of sp³-hybridized carbons (Fsp3) is 0.280. The second kappa shape index (κ2) is 9.58. The van der Waals surface area contributed by atoms with Crippen LogP contribution < -0.4 is 0 Å². The molecular formula is C25H25N5O4. The van der Waals surface area contributed by atoms with E-state index in [1.54, 1.807) is 10.9 Å². The summed E-state index contributed by atoms with van der Waals surface area (Å²) in [6, 6.07) is 17.1. The van der Waals surface area contributed by atoms with Gasteiger partial charge in [0.25, 0.3) is 5.89 Å². The van der Waals surface area contributed by atoms with E-state index in [9.17, 15) is 15.0 Å². The number of para-hydroxylation sites is 1. The average molecular weight is 460 g/mol. The third kappa shape index (κ3) is 4.75. The molecule has 2 aromatic carbocycles. The van der Waals surface area contributed by atoms with E-state index in [0.29, 0.717) is 31.2 Å². The second-order valence-electron chi connectivity index (χ2n) is 8.51. The first-order valence-electron chi connectivity index (χ1n) is 11.2. The summed E-state index contributed by atoms with van der Waals surface area (Å²) >= 11 is 0. The van der Waals surface area contributed by atoms with Gasteiger partial charge in [0, 0.05) is 24.8 Å². The van der Waals surface area contributed by atoms with E-state index in [1.807, 2.05) is 65.7 Å². The van der Waals surface area contributed by atoms with Crippen molar-refractivity contribution in [3.63, 3.8) is 0 Å². The van der Waals surface area contributed by atoms with Gasteiger partial charge in [0.1, 0.15) is 0 Å². The number of rotatable bonds is 7. The topological polar surface area (TPSA) is 118 Å². The van der Waals surface area contributed by atoms with Crippen molar-refractivity contribution in [2.75, 3.05) is 19.6 Å². The Morgan fingerprint density at radius 2 is 1.91 bits per heavy atom. The minimum Gasteiger partial charge on any atom is -0.481 e. The number of aliphatic carboxylic acids is 1. The summed E-state index contributed by atoms with van der Waals surface area (Å²) < 4.78 is 7.19. The maximum Gasteiger partial charge on any atom is 0.307 e. The number of benzene rings is 2. The van der Waals surface area contributed by atoms with Crippen molar-refractivity contribution in [3.8, 4) is 28.5 Å². The van der Waals surface area contributed by atoms with E-state index in [1.165, 1.54) is 0 Å². The van der Waals surface area contributed by atoms with Crippen LogP contribution in [0, 0.1) is 5.92 Å². The highest BCUT2D eigenvalue weighted by atomic mass is 16.5. The first kappa shape index (κ1) is 22.0. The molecule has 174 valence electrons. The first-order chi connectivity index (χ1) is 16.6. The van der Waals surface area contributed by atoms with Gasteiger partial charge in [0.15, 0.2) is 0 Å². The van der Waals surface area contributed by atoms with Gasteiger partial charge < -0.3 is 14.7 Å². The Morgan fingerprint density at radius 1 is 1.12 bits per heavy atom. The molecule has 4 aromatic rings. The lowest BCUT2D eigenvalue weighted by Gasteiger charge is -2.32. The van der Waals surface area contributed by atoms with Crippen LogP contribution in [0.15, 0.2) is 71.5 Å². The lowest BCUT2D eigenvalue weighted by Crippen LogP contribution is -2.40. The van der Waals surface area contributed by atoms with Crippen molar-refractivity contribution in [1.82, 2.24) is 24.8 Å². The molecule has 5 rings (SSSR count). The van der Waals surface area contributed by atoms with E-state index < -0.39 is 12.1 Å². The zero-order valence-electron chi connectivity index (χ0n) is 18.5. The largest absolute Gasteiger partial charge is 0.481 e. The quantitative estimate of drug-likeness (QED) is 0.432. The number of hydrogen-bond donors (Lipinski definition) is 2. The molecule has 9 nitrogen and oxygen atoms in total. The van der Waals surface area contributed by atoms with Gasteiger partial charge in [-0.3, -0.25) is 9.69 Å². The Bertz CT molecular complexity index is 1250. The molecule has 0 bridgehead atoms. The average Bonchev–Trinajstić information content (AvgIpc) is 3.55. The van der Waals surface area contributed by atoms with Crippen LogP contribution in [0.4, 0.5) is 0 Å². The van der Waals surface area contributed by atoms with Crippen LogP contribution in [-0.2, 0) is 4.79 Å². The maximum atomic E-state index is 11.3. The van der Waals surface area contributed by atoms with Gasteiger partial charge in [-0.2, -0.15) is 10.1 Å². The molecule has 34 heavy (non-hydrogen) atoms. The van der Waals surface area contributed by atoms with Crippen molar-refractivity contribution >= 4 is 5.97 Å². The number of likely N-dealkylation sites (tertiary alicyclic amines) is 1. The lowest BCUT2D eigenvalue weighted by atomic mass is 9.97. The molecule has 0 aliphatic carbocycles. The van der Waals surface area contributed by atoms with Gasteiger partial charge in [0.2, 0.25) is 5.82 Å². The molecule has 2 atom stereocenters. The van der Waals surface area contributed by atoms with Crippen molar-refractivity contribution in [1.29, 1.82) is 0 Å². The molecule has 2 aromatic heterocycles. The van der Waals surface area contributed by atoms with Crippen molar-refractivity contribution in [2.45, 2.75) is 18.9 Å². The van der Waals surface area contributed by atoms with Gasteiger partial charge in [-0.1, -0.05) is 47.6 Å². The predicted octanol–water partition coefficient (Wildman–Crippen LogP) is 3.42. The number of β-amino-alcohol motifs (C(OH)–C–C–N with tert-alkyl or cyclic N) is 1. The number of hydrogen-bond acceptors (Lipinski definition) is 7. The van der Waals surface area contributed by atoms with Crippen LogP contribution in [0.1, 0.15) is 24.5 Å². The molecule has 3 heterocycles. The number of piperidine rings is 1. The highest BCUT2D eigenvalue weighted by Crippen LogP contribution is 2.25. The summed E-state index contributed by atoms with van der Waals surface area (Å²) in [6.45, 7) is 1.67. The van der Waals surface area contributed by atoms with Crippen LogP contribution in [0.2, 0.25) is 0 Å². The Balaban J connectivity index is 1.25. The number of aliphatic hydroxyl groups excluding tert-OH is 1. The molecule has 0 spiro atoms. The molecular weight excluding hydrogens is 434 g/mol. The molecule has 0 radical (unpaired) electrons. The number of aliphatic hydroxyl groups is 1. The van der Waals surface area contributed by atoms with E-state index >= 15 is 0 Å². The number of carbonyl (C=O) groups is 1. The minimum absolute atomic E-state index is 0.365. The Morgan fingerprint density at radius 3 is 2.68 bits per heavy atom. The normalized spacial score (nSPS) is 17.5. The summed E-state index contributed by atoms with van der Waals surface area (Å²) in [4.78, 5) is 17.8.